The summed E-state index contributed by atoms with van der Waals surface area (Å²) < 4.78 is 6.27. The summed E-state index contributed by atoms with van der Waals surface area (Å²) in [5.41, 5.74) is -1.22. The molecule has 3 fully saturated rings. The van der Waals surface area contributed by atoms with Crippen LogP contribution in [0.3, 0.4) is 0 Å². The van der Waals surface area contributed by atoms with Crippen LogP contribution in [-0.2, 0) is 19.1 Å². The third-order valence-corrected chi connectivity index (χ3v) is 7.85. The van der Waals surface area contributed by atoms with Crippen LogP contribution in [-0.4, -0.2) is 86.1 Å². The van der Waals surface area contributed by atoms with Gasteiger partial charge in [-0.1, -0.05) is 49.2 Å². The van der Waals surface area contributed by atoms with E-state index in [2.05, 4.69) is 22.5 Å². The predicted molar refractivity (Wildman–Crippen MR) is 118 cm³/mol. The molecule has 0 aliphatic carbocycles. The first kappa shape index (κ1) is 24.2. The number of unbranched alkanes of at least 4 members (excludes halogenated alkanes) is 1. The van der Waals surface area contributed by atoms with Crippen LogP contribution >= 0.6 is 15.9 Å². The maximum absolute atomic E-state index is 13.9. The Bertz CT molecular complexity index is 746. The van der Waals surface area contributed by atoms with Crippen molar-refractivity contribution in [1.82, 2.24) is 9.80 Å². The van der Waals surface area contributed by atoms with Gasteiger partial charge in [0.15, 0.2) is 0 Å². The number of carbonyl (C=O) groups excluding carboxylic acids is 2. The number of hydrogen-bond donors (Lipinski definition) is 2. The van der Waals surface area contributed by atoms with Gasteiger partial charge < -0.3 is 24.7 Å². The molecule has 3 saturated heterocycles. The molecule has 2 amide bonds. The Kier molecular flexibility index (Phi) is 7.18. The third-order valence-electron chi connectivity index (χ3n) is 7.00. The quantitative estimate of drug-likeness (QED) is 0.348. The number of aliphatic hydroxyl groups is 1. The number of likely N-dealkylation sites (tertiary alicyclic amines) is 1. The molecule has 31 heavy (non-hydrogen) atoms. The Morgan fingerprint density at radius 1 is 1.45 bits per heavy atom. The van der Waals surface area contributed by atoms with Gasteiger partial charge in [-0.05, 0) is 18.8 Å². The number of fused-ring (bicyclic) bond motifs is 1. The molecule has 0 aromatic rings. The first-order chi connectivity index (χ1) is 14.7. The van der Waals surface area contributed by atoms with E-state index in [9.17, 15) is 24.6 Å². The van der Waals surface area contributed by atoms with E-state index in [-0.39, 0.29) is 23.3 Å². The van der Waals surface area contributed by atoms with Crippen LogP contribution in [0.5, 0.6) is 0 Å². The van der Waals surface area contributed by atoms with Gasteiger partial charge in [0.25, 0.3) is 0 Å². The van der Waals surface area contributed by atoms with Gasteiger partial charge in [0.05, 0.1) is 30.6 Å². The molecule has 0 aromatic heterocycles. The van der Waals surface area contributed by atoms with Crippen LogP contribution in [0.15, 0.2) is 12.7 Å². The molecule has 174 valence electrons. The van der Waals surface area contributed by atoms with Crippen LogP contribution in [0.4, 0.5) is 0 Å². The summed E-state index contributed by atoms with van der Waals surface area (Å²) in [4.78, 5) is 42.6. The number of alkyl halides is 1. The number of aliphatic hydroxyl groups excluding tert-OH is 1. The molecule has 2 N–H and O–H groups in total. The van der Waals surface area contributed by atoms with Gasteiger partial charge in [-0.2, -0.15) is 0 Å². The summed E-state index contributed by atoms with van der Waals surface area (Å²) in [6.07, 6.45) is 3.05. The van der Waals surface area contributed by atoms with Gasteiger partial charge in [0.2, 0.25) is 11.8 Å². The normalized spacial score (nSPS) is 34.8. The fourth-order valence-electron chi connectivity index (χ4n) is 5.58. The number of nitrogens with zero attached hydrogens (tertiary/aromatic N) is 2. The molecule has 3 rings (SSSR count). The summed E-state index contributed by atoms with van der Waals surface area (Å²) in [7, 11) is 0. The highest BCUT2D eigenvalue weighted by molar-refractivity contribution is 9.09. The number of carbonyl (C=O) groups is 3. The number of aliphatic carboxylic acids is 1. The number of carboxylic acid groups (broad SMARTS) is 1. The molecule has 7 atom stereocenters. The SMILES string of the molecule is C=CCN(CCCC)C(=O)C1N([C@@H](CO)C(C)C)C(=O)[C@@H]2[C@@H](C(=O)O)[C@@H]3OC12CC3Br. The number of amides is 2. The Balaban J connectivity index is 2.11. The van der Waals surface area contributed by atoms with Gasteiger partial charge >= 0.3 is 5.97 Å². The second-order valence-corrected chi connectivity index (χ2v) is 10.3. The lowest BCUT2D eigenvalue weighted by Gasteiger charge is -2.40. The van der Waals surface area contributed by atoms with Crippen LogP contribution in [0.2, 0.25) is 0 Å². The second-order valence-electron chi connectivity index (χ2n) is 9.17. The van der Waals surface area contributed by atoms with Crippen molar-refractivity contribution in [2.24, 2.45) is 17.8 Å². The highest BCUT2D eigenvalue weighted by Crippen LogP contribution is 2.60. The molecular weight excluding hydrogens is 468 g/mol. The predicted octanol–water partition coefficient (Wildman–Crippen LogP) is 1.65. The Morgan fingerprint density at radius 3 is 2.65 bits per heavy atom. The van der Waals surface area contributed by atoms with Crippen molar-refractivity contribution >= 4 is 33.7 Å². The van der Waals surface area contributed by atoms with Gasteiger partial charge in [-0.15, -0.1) is 6.58 Å². The second kappa shape index (κ2) is 9.19. The van der Waals surface area contributed by atoms with Gasteiger partial charge in [0, 0.05) is 17.9 Å². The van der Waals surface area contributed by atoms with Crippen LogP contribution in [0.25, 0.3) is 0 Å². The molecular formula is C22H33BrN2O6. The fourth-order valence-corrected chi connectivity index (χ4v) is 6.52. The highest BCUT2D eigenvalue weighted by atomic mass is 79.9. The van der Waals surface area contributed by atoms with Crippen molar-refractivity contribution in [2.45, 2.75) is 68.6 Å². The highest BCUT2D eigenvalue weighted by Gasteiger charge is 2.77. The van der Waals surface area contributed by atoms with Gasteiger partial charge in [0.1, 0.15) is 11.6 Å². The van der Waals surface area contributed by atoms with E-state index in [1.165, 1.54) is 4.90 Å². The first-order valence-corrected chi connectivity index (χ1v) is 11.9. The van der Waals surface area contributed by atoms with Crippen molar-refractivity contribution in [2.75, 3.05) is 19.7 Å². The third kappa shape index (κ3) is 3.72. The standard InChI is InChI=1S/C22H33BrN2O6/c1-5-7-9-24(8-6-2)20(28)18-22-10-13(23)17(31-22)15(21(29)30)16(22)19(27)25(18)14(11-26)12(3)4/h6,12-18,26H,2,5,7-11H2,1,3-4H3,(H,29,30)/t13?,14-,15+,16-,17+,18?,22?/m0/s1. The molecule has 0 aromatic carbocycles. The Morgan fingerprint density at radius 2 is 2.13 bits per heavy atom. The van der Waals surface area contributed by atoms with Crippen molar-refractivity contribution in [1.29, 1.82) is 0 Å². The van der Waals surface area contributed by atoms with Gasteiger partial charge in [-0.25, -0.2) is 0 Å². The maximum atomic E-state index is 13.9. The minimum Gasteiger partial charge on any atom is -0.481 e. The van der Waals surface area contributed by atoms with E-state index < -0.39 is 47.5 Å². The van der Waals surface area contributed by atoms with Crippen LogP contribution in [0, 0.1) is 17.8 Å². The Labute approximate surface area is 191 Å². The largest absolute Gasteiger partial charge is 0.481 e. The van der Waals surface area contributed by atoms with Gasteiger partial charge in [-0.3, -0.25) is 14.4 Å². The zero-order chi connectivity index (χ0) is 23.1. The topological polar surface area (TPSA) is 107 Å². The summed E-state index contributed by atoms with van der Waals surface area (Å²) >= 11 is 3.54. The monoisotopic (exact) mass is 500 g/mol. The van der Waals surface area contributed by atoms with Crippen molar-refractivity contribution in [3.63, 3.8) is 0 Å². The lowest BCUT2D eigenvalue weighted by molar-refractivity contribution is -0.154. The number of halogens is 1. The molecule has 1 spiro atoms. The van der Waals surface area contributed by atoms with Crippen LogP contribution in [0.1, 0.15) is 40.0 Å². The average molecular weight is 501 g/mol. The zero-order valence-electron chi connectivity index (χ0n) is 18.4. The number of rotatable bonds is 10. The molecule has 9 heteroatoms. The fraction of sp³-hybridized carbons (Fsp3) is 0.773. The molecule has 8 nitrogen and oxygen atoms in total. The summed E-state index contributed by atoms with van der Waals surface area (Å²) in [5.74, 6) is -3.86. The molecule has 3 aliphatic heterocycles. The van der Waals surface area contributed by atoms with Crippen molar-refractivity contribution < 1.29 is 29.3 Å². The molecule has 3 aliphatic rings. The average Bonchev–Trinajstić information content (AvgIpc) is 3.29. The van der Waals surface area contributed by atoms with Crippen molar-refractivity contribution in [3.8, 4) is 0 Å². The van der Waals surface area contributed by atoms with Crippen molar-refractivity contribution in [3.05, 3.63) is 12.7 Å². The van der Waals surface area contributed by atoms with E-state index in [1.807, 2.05) is 20.8 Å². The van der Waals surface area contributed by atoms with E-state index in [4.69, 9.17) is 4.74 Å². The van der Waals surface area contributed by atoms with E-state index in [0.717, 1.165) is 12.8 Å². The lowest BCUT2D eigenvalue weighted by Crippen LogP contribution is -2.60. The zero-order valence-corrected chi connectivity index (χ0v) is 20.0. The minimum absolute atomic E-state index is 0.122. The number of ether oxygens (including phenoxy) is 1. The van der Waals surface area contributed by atoms with E-state index in [0.29, 0.717) is 19.5 Å². The van der Waals surface area contributed by atoms with Crippen LogP contribution < -0.4 is 0 Å². The molecule has 3 heterocycles. The summed E-state index contributed by atoms with van der Waals surface area (Å²) in [5, 5.41) is 20.0. The Hall–Kier alpha value is -1.45. The first-order valence-electron chi connectivity index (χ1n) is 11.0. The molecule has 2 bridgehead atoms. The summed E-state index contributed by atoms with van der Waals surface area (Å²) in [6.45, 7) is 10.1. The van der Waals surface area contributed by atoms with E-state index in [1.54, 1.807) is 11.0 Å². The minimum atomic E-state index is -1.22. The maximum Gasteiger partial charge on any atom is 0.310 e. The smallest absolute Gasteiger partial charge is 0.310 e. The molecule has 0 saturated carbocycles. The van der Waals surface area contributed by atoms with E-state index >= 15 is 0 Å². The lowest BCUT2D eigenvalue weighted by atomic mass is 9.70. The summed E-state index contributed by atoms with van der Waals surface area (Å²) in [6, 6.07) is -1.58. The molecule has 3 unspecified atom stereocenters. The number of carboxylic acids is 1. The molecule has 0 radical (unpaired) electrons. The number of hydrogen-bond acceptors (Lipinski definition) is 5.